The number of hydrogen-bond acceptors (Lipinski definition) is 7. The van der Waals surface area contributed by atoms with E-state index in [1.807, 2.05) is 69.3 Å². The van der Waals surface area contributed by atoms with Crippen molar-refractivity contribution in [1.82, 2.24) is 14.8 Å². The van der Waals surface area contributed by atoms with E-state index in [9.17, 15) is 18.3 Å². The summed E-state index contributed by atoms with van der Waals surface area (Å²) in [5.41, 5.74) is 9.12. The molecule has 0 spiro atoms. The molecule has 2 aliphatic heterocycles. The number of nitrogens with two attached hydrogens (primary N) is 1. The molecule has 1 fully saturated rings. The second-order valence-electron chi connectivity index (χ2n) is 17.3. The third-order valence-electron chi connectivity index (χ3n) is 11.7. The molecule has 0 bridgehead atoms. The van der Waals surface area contributed by atoms with E-state index in [0.717, 1.165) is 20.2 Å². The molecule has 320 valence electrons. The first-order valence-corrected chi connectivity index (χ1v) is 24.0. The fraction of sp³-hybridized carbons (Fsp3) is 0.326. The number of anilines is 3. The highest BCUT2D eigenvalue weighted by Gasteiger charge is 2.50. The number of benzene rings is 4. The van der Waals surface area contributed by atoms with E-state index in [1.165, 1.54) is 23.1 Å². The van der Waals surface area contributed by atoms with Gasteiger partial charge in [0, 0.05) is 30.9 Å². The lowest BCUT2D eigenvalue weighted by molar-refractivity contribution is 0.0751. The molecule has 61 heavy (non-hydrogen) atoms. The van der Waals surface area contributed by atoms with Gasteiger partial charge in [-0.05, 0) is 77.0 Å². The lowest BCUT2D eigenvalue weighted by Crippen LogP contribution is -2.66. The molecular weight excluding hydrogens is 831 g/mol. The molecule has 0 saturated carbocycles. The van der Waals surface area contributed by atoms with Crippen LogP contribution >= 0.6 is 11.6 Å². The zero-order valence-corrected chi connectivity index (χ0v) is 38.2. The monoisotopic (exact) mass is 882 g/mol. The summed E-state index contributed by atoms with van der Waals surface area (Å²) in [4.78, 5) is 20.0. The Morgan fingerprint density at radius 3 is 2.15 bits per heavy atom. The summed E-state index contributed by atoms with van der Waals surface area (Å²) >= 11 is 6.94. The minimum Gasteiger partial charge on any atom is -0.465 e. The topological polar surface area (TPSA) is 142 Å². The number of nitrogen functional groups attached to an aromatic ring is 1. The van der Waals surface area contributed by atoms with Gasteiger partial charge in [-0.15, -0.1) is 4.40 Å². The first-order valence-electron chi connectivity index (χ1n) is 20.3. The summed E-state index contributed by atoms with van der Waals surface area (Å²) in [6.07, 6.45) is -1.07. The van der Waals surface area contributed by atoms with E-state index < -0.39 is 42.5 Å². The number of carbonyl (C=O) groups is 1. The summed E-state index contributed by atoms with van der Waals surface area (Å²) in [6.45, 7) is 16.6. The Kier molecular flexibility index (Phi) is 11.9. The Morgan fingerprint density at radius 1 is 0.967 bits per heavy atom. The molecule has 3 N–H and O–H groups in total. The summed E-state index contributed by atoms with van der Waals surface area (Å²) in [5.74, 6) is -0.833. The molecule has 1 aromatic heterocycles. The lowest BCUT2D eigenvalue weighted by Gasteiger charge is -2.45. The van der Waals surface area contributed by atoms with Gasteiger partial charge in [0.25, 0.3) is 8.32 Å². The van der Waals surface area contributed by atoms with Gasteiger partial charge in [-0.3, -0.25) is 0 Å². The summed E-state index contributed by atoms with van der Waals surface area (Å²) in [7, 11) is -7.55. The molecule has 4 aromatic carbocycles. The van der Waals surface area contributed by atoms with Crippen molar-refractivity contribution in [3.8, 4) is 11.3 Å². The number of aryl methyl sites for hydroxylation is 1. The summed E-state index contributed by atoms with van der Waals surface area (Å²) in [5, 5.41) is 11.9. The number of hydrogen-bond donors (Lipinski definition) is 2. The number of pyridine rings is 1. The number of carboxylic acid groups (broad SMARTS) is 1. The van der Waals surface area contributed by atoms with Gasteiger partial charge < -0.3 is 25.1 Å². The van der Waals surface area contributed by atoms with Crippen LogP contribution in [0.25, 0.3) is 11.3 Å². The van der Waals surface area contributed by atoms with E-state index in [0.29, 0.717) is 16.8 Å². The van der Waals surface area contributed by atoms with Gasteiger partial charge in [0.2, 0.25) is 0 Å². The largest absolute Gasteiger partial charge is 0.465 e. The number of nitrogens with zero attached hydrogens (tertiary/aromatic N) is 5. The first kappa shape index (κ1) is 43.8. The fourth-order valence-corrected chi connectivity index (χ4v) is 15.0. The van der Waals surface area contributed by atoms with Gasteiger partial charge in [0.15, 0.2) is 11.7 Å². The SMILES string of the molecule is Cc1cc(CO[Si](c2ccccc2)(c2ccccc2)C(C)(C)C)cc(C(C)C)c1N1c2nc(-c3c(N)cccc3F)c(Cl)cc2C(N2C[C@@H](C)N(C(=O)O)C[C@@H]2C)=NS1(=O)=O. The zero-order chi connectivity index (χ0) is 44.2. The predicted molar refractivity (Wildman–Crippen MR) is 245 cm³/mol. The van der Waals surface area contributed by atoms with Crippen LogP contribution in [0.4, 0.5) is 26.4 Å². The Balaban J connectivity index is 1.40. The molecule has 0 aliphatic carbocycles. The Bertz CT molecular complexity index is 2570. The molecule has 7 rings (SSSR count). The van der Waals surface area contributed by atoms with Crippen LogP contribution in [0.2, 0.25) is 10.1 Å². The number of fused-ring (bicyclic) bond motifs is 1. The van der Waals surface area contributed by atoms with Crippen molar-refractivity contribution < 1.29 is 27.1 Å². The van der Waals surface area contributed by atoms with Crippen LogP contribution in [-0.4, -0.2) is 73.7 Å². The molecule has 5 aromatic rings. The summed E-state index contributed by atoms with van der Waals surface area (Å²) < 4.78 is 58.4. The van der Waals surface area contributed by atoms with Gasteiger partial charge in [0.05, 0.1) is 34.1 Å². The van der Waals surface area contributed by atoms with E-state index in [-0.39, 0.29) is 69.8 Å². The van der Waals surface area contributed by atoms with Crippen LogP contribution in [0.1, 0.15) is 76.6 Å². The quantitative estimate of drug-likeness (QED) is 0.116. The maximum absolute atomic E-state index is 15.6. The fourth-order valence-electron chi connectivity index (χ4n) is 8.83. The molecule has 2 atom stereocenters. The minimum atomic E-state index is -4.61. The molecule has 1 amide bonds. The van der Waals surface area contributed by atoms with Crippen molar-refractivity contribution in [2.75, 3.05) is 23.1 Å². The van der Waals surface area contributed by atoms with Crippen molar-refractivity contribution in [1.29, 1.82) is 0 Å². The van der Waals surface area contributed by atoms with Crippen molar-refractivity contribution >= 4 is 69.6 Å². The predicted octanol–water partition coefficient (Wildman–Crippen LogP) is 8.85. The van der Waals surface area contributed by atoms with Crippen molar-refractivity contribution in [3.63, 3.8) is 0 Å². The normalized spacial score (nSPS) is 18.0. The van der Waals surface area contributed by atoms with Gasteiger partial charge in [-0.2, -0.15) is 8.42 Å². The highest BCUT2D eigenvalue weighted by atomic mass is 35.5. The zero-order valence-electron chi connectivity index (χ0n) is 35.6. The molecule has 0 radical (unpaired) electrons. The Morgan fingerprint density at radius 2 is 1.59 bits per heavy atom. The highest BCUT2D eigenvalue weighted by Crippen LogP contribution is 2.46. The number of rotatable bonds is 8. The standard InChI is InChI=1S/C46H52ClFN6O5SSi/c1-28(2)35-23-32(27-59-61(46(6,7)8,33-16-11-9-12-17-33)34-18-13-10-14-19-34)22-29(3)42(35)54-43-36(24-37(47)41(50-43)40-38(48)20-15-21-39(40)49)44(51-60(54,57)58)52-25-31(5)53(45(55)56)26-30(52)4/h9-24,28,30-31H,25-27,49H2,1-8H3,(H,55,56)/t30-,31+/m0/s1. The second kappa shape index (κ2) is 16.5. The Hall–Kier alpha value is -5.28. The van der Waals surface area contributed by atoms with Crippen LogP contribution in [0.3, 0.4) is 0 Å². The number of piperazine rings is 1. The average molecular weight is 884 g/mol. The third kappa shape index (κ3) is 7.90. The van der Waals surface area contributed by atoms with E-state index in [2.05, 4.69) is 49.4 Å². The maximum Gasteiger partial charge on any atom is 0.407 e. The maximum atomic E-state index is 15.6. The van der Waals surface area contributed by atoms with Gasteiger partial charge >= 0.3 is 16.3 Å². The number of aromatic nitrogens is 1. The lowest BCUT2D eigenvalue weighted by atomic mass is 9.95. The van der Waals surface area contributed by atoms with Crippen LogP contribution in [0.15, 0.2) is 101 Å². The van der Waals surface area contributed by atoms with Crippen LogP contribution in [-0.2, 0) is 21.2 Å². The van der Waals surface area contributed by atoms with Crippen LogP contribution in [0, 0.1) is 12.7 Å². The molecular formula is C46H52ClFN6O5SSi. The van der Waals surface area contributed by atoms with Crippen molar-refractivity contribution in [2.24, 2.45) is 4.40 Å². The summed E-state index contributed by atoms with van der Waals surface area (Å²) in [6, 6.07) is 29.5. The number of halogens is 2. The van der Waals surface area contributed by atoms with Crippen LogP contribution in [0.5, 0.6) is 0 Å². The van der Waals surface area contributed by atoms with E-state index in [4.69, 9.17) is 26.7 Å². The van der Waals surface area contributed by atoms with Crippen LogP contribution < -0.4 is 20.4 Å². The average Bonchev–Trinajstić information content (AvgIpc) is 3.19. The second-order valence-corrected chi connectivity index (χ2v) is 23.4. The first-order chi connectivity index (χ1) is 28.8. The third-order valence-corrected chi connectivity index (χ3v) is 18.2. The molecule has 2 aliphatic rings. The molecule has 0 unspecified atom stereocenters. The molecule has 1 saturated heterocycles. The van der Waals surface area contributed by atoms with Gasteiger partial charge in [-0.1, -0.05) is 125 Å². The van der Waals surface area contributed by atoms with Gasteiger partial charge in [-0.25, -0.2) is 18.5 Å². The molecule has 11 nitrogen and oxygen atoms in total. The van der Waals surface area contributed by atoms with E-state index >= 15 is 4.39 Å². The number of amidine groups is 1. The molecule has 15 heteroatoms. The minimum absolute atomic E-state index is 0.0315. The van der Waals surface area contributed by atoms with Crippen molar-refractivity contribution in [2.45, 2.75) is 85.0 Å². The van der Waals surface area contributed by atoms with Gasteiger partial charge in [0.1, 0.15) is 5.82 Å². The smallest absolute Gasteiger partial charge is 0.407 e. The van der Waals surface area contributed by atoms with Crippen molar-refractivity contribution in [3.05, 3.63) is 130 Å². The van der Waals surface area contributed by atoms with E-state index in [1.54, 1.807) is 24.8 Å². The number of amides is 1. The highest BCUT2D eigenvalue weighted by molar-refractivity contribution is 7.92. The molecule has 3 heterocycles. The Labute approximate surface area is 364 Å².